The second-order valence-electron chi connectivity index (χ2n) is 6.88. The molecule has 28 heavy (non-hydrogen) atoms. The van der Waals surface area contributed by atoms with E-state index in [1.54, 1.807) is 24.0 Å². The molecular weight excluding hydrogens is 346 g/mol. The maximum Gasteiger partial charge on any atom is 0.255 e. The summed E-state index contributed by atoms with van der Waals surface area (Å²) in [4.78, 5) is 28.4. The van der Waals surface area contributed by atoms with Gasteiger partial charge >= 0.3 is 0 Å². The van der Waals surface area contributed by atoms with Crippen LogP contribution in [0.2, 0.25) is 0 Å². The smallest absolute Gasteiger partial charge is 0.255 e. The lowest BCUT2D eigenvalue weighted by molar-refractivity contribution is -0.129. The lowest BCUT2D eigenvalue weighted by Crippen LogP contribution is -2.53. The third kappa shape index (κ3) is 3.74. The van der Waals surface area contributed by atoms with Crippen molar-refractivity contribution in [3.05, 3.63) is 108 Å². The summed E-state index contributed by atoms with van der Waals surface area (Å²) in [6, 6.07) is 28.6. The number of carbonyl (C=O) groups is 2. The van der Waals surface area contributed by atoms with E-state index in [-0.39, 0.29) is 11.7 Å². The summed E-state index contributed by atoms with van der Waals surface area (Å²) < 4.78 is 0. The molecular formula is C25H25NO2. The molecule has 0 saturated heterocycles. The van der Waals surface area contributed by atoms with Crippen molar-refractivity contribution in [1.82, 2.24) is 4.90 Å². The van der Waals surface area contributed by atoms with Gasteiger partial charge in [0.05, 0.1) is 0 Å². The van der Waals surface area contributed by atoms with Crippen molar-refractivity contribution in [2.24, 2.45) is 0 Å². The molecule has 0 aliphatic carbocycles. The molecule has 1 amide bonds. The summed E-state index contributed by atoms with van der Waals surface area (Å²) in [5, 5.41) is 0. The number of rotatable bonds is 7. The van der Waals surface area contributed by atoms with Crippen LogP contribution in [0, 0.1) is 0 Å². The normalized spacial score (nSPS) is 12.8. The molecule has 0 radical (unpaired) electrons. The minimum atomic E-state index is -1.02. The summed E-state index contributed by atoms with van der Waals surface area (Å²) in [5.41, 5.74) is 1.38. The number of ketones is 1. The molecule has 0 spiro atoms. The van der Waals surface area contributed by atoms with Gasteiger partial charge in [-0.05, 0) is 36.6 Å². The Balaban J connectivity index is 2.17. The van der Waals surface area contributed by atoms with Crippen LogP contribution in [0.5, 0.6) is 0 Å². The van der Waals surface area contributed by atoms with E-state index >= 15 is 0 Å². The predicted molar refractivity (Wildman–Crippen MR) is 112 cm³/mol. The van der Waals surface area contributed by atoms with Crippen LogP contribution in [0.15, 0.2) is 91.0 Å². The van der Waals surface area contributed by atoms with Crippen molar-refractivity contribution in [1.29, 1.82) is 0 Å². The Labute approximate surface area is 166 Å². The number of hydrogen-bond acceptors (Lipinski definition) is 2. The van der Waals surface area contributed by atoms with Gasteiger partial charge in [-0.1, -0.05) is 85.8 Å². The summed E-state index contributed by atoms with van der Waals surface area (Å²) in [6.07, 6.45) is 0.498. The zero-order valence-corrected chi connectivity index (χ0v) is 16.3. The largest absolute Gasteiger partial charge is 0.317 e. The third-order valence-electron chi connectivity index (χ3n) is 5.26. The number of Topliss-reactive ketones (excluding diaryl/α,β-unsaturated/α-hetero) is 1. The minimum absolute atomic E-state index is 0.0404. The van der Waals surface area contributed by atoms with Gasteiger partial charge in [0, 0.05) is 12.1 Å². The molecule has 142 valence electrons. The van der Waals surface area contributed by atoms with Crippen LogP contribution >= 0.6 is 0 Å². The van der Waals surface area contributed by atoms with Gasteiger partial charge in [0.1, 0.15) is 5.54 Å². The van der Waals surface area contributed by atoms with Gasteiger partial charge in [0.2, 0.25) is 0 Å². The molecule has 3 heteroatoms. The van der Waals surface area contributed by atoms with E-state index in [0.717, 1.165) is 11.1 Å². The number of carbonyl (C=O) groups excluding carboxylic acids is 2. The highest BCUT2D eigenvalue weighted by molar-refractivity contribution is 5.99. The van der Waals surface area contributed by atoms with Gasteiger partial charge in [-0.2, -0.15) is 0 Å². The van der Waals surface area contributed by atoms with E-state index in [4.69, 9.17) is 0 Å². The number of benzene rings is 3. The number of hydrogen-bond donors (Lipinski definition) is 0. The Morgan fingerprint density at radius 2 is 1.29 bits per heavy atom. The summed E-state index contributed by atoms with van der Waals surface area (Å²) >= 11 is 0. The van der Waals surface area contributed by atoms with Crippen LogP contribution in [0.4, 0.5) is 0 Å². The monoisotopic (exact) mass is 371 g/mol. The molecule has 3 aromatic carbocycles. The Kier molecular flexibility index (Phi) is 6.05. The first-order chi connectivity index (χ1) is 13.6. The van der Waals surface area contributed by atoms with E-state index in [1.165, 1.54) is 0 Å². The lowest BCUT2D eigenvalue weighted by atomic mass is 9.81. The maximum absolute atomic E-state index is 13.6. The van der Waals surface area contributed by atoms with Crippen molar-refractivity contribution in [3.8, 4) is 0 Å². The molecule has 3 nitrogen and oxygen atoms in total. The van der Waals surface area contributed by atoms with Gasteiger partial charge in [-0.25, -0.2) is 0 Å². The average molecular weight is 371 g/mol. The SMILES string of the molecule is CCC(C(C)=O)(c1ccccc1)N(Cc1ccccc1)C(=O)c1ccccc1. The van der Waals surface area contributed by atoms with Crippen molar-refractivity contribution >= 4 is 11.7 Å². The second-order valence-corrected chi connectivity index (χ2v) is 6.88. The summed E-state index contributed by atoms with van der Waals surface area (Å²) in [6.45, 7) is 3.90. The van der Waals surface area contributed by atoms with Crippen LogP contribution < -0.4 is 0 Å². The zero-order valence-electron chi connectivity index (χ0n) is 16.3. The van der Waals surface area contributed by atoms with Gasteiger partial charge in [-0.3, -0.25) is 9.59 Å². The van der Waals surface area contributed by atoms with Crippen LogP contribution in [-0.2, 0) is 16.9 Å². The Hall–Kier alpha value is -3.20. The second kappa shape index (κ2) is 8.66. The standard InChI is InChI=1S/C25H25NO2/c1-3-25(20(2)27,23-17-11-6-12-18-23)26(19-21-13-7-4-8-14-21)24(28)22-15-9-5-10-16-22/h4-18H,3,19H2,1-2H3. The Bertz CT molecular complexity index is 923. The molecule has 0 heterocycles. The number of nitrogens with zero attached hydrogens (tertiary/aromatic N) is 1. The predicted octanol–water partition coefficient (Wildman–Crippen LogP) is 5.22. The van der Waals surface area contributed by atoms with Crippen LogP contribution in [-0.4, -0.2) is 16.6 Å². The van der Waals surface area contributed by atoms with Crippen molar-refractivity contribution in [3.63, 3.8) is 0 Å². The summed E-state index contributed by atoms with van der Waals surface area (Å²) in [7, 11) is 0. The first-order valence-electron chi connectivity index (χ1n) is 9.57. The molecule has 1 unspecified atom stereocenters. The third-order valence-corrected chi connectivity index (χ3v) is 5.26. The Morgan fingerprint density at radius 3 is 1.79 bits per heavy atom. The molecule has 0 saturated carbocycles. The highest BCUT2D eigenvalue weighted by Crippen LogP contribution is 2.36. The zero-order chi connectivity index (χ0) is 20.0. The van der Waals surface area contributed by atoms with Gasteiger partial charge < -0.3 is 4.90 Å². The molecule has 3 aromatic rings. The van der Waals surface area contributed by atoms with Crippen molar-refractivity contribution in [2.45, 2.75) is 32.4 Å². The average Bonchev–Trinajstić information content (AvgIpc) is 2.75. The molecule has 0 fully saturated rings. The van der Waals surface area contributed by atoms with Crippen LogP contribution in [0.3, 0.4) is 0 Å². The fourth-order valence-electron chi connectivity index (χ4n) is 3.79. The van der Waals surface area contributed by atoms with Crippen molar-refractivity contribution in [2.75, 3.05) is 0 Å². The molecule has 3 rings (SSSR count). The Morgan fingerprint density at radius 1 is 0.786 bits per heavy atom. The first kappa shape index (κ1) is 19.6. The highest BCUT2D eigenvalue weighted by atomic mass is 16.2. The van der Waals surface area contributed by atoms with Gasteiger partial charge in [-0.15, -0.1) is 0 Å². The summed E-state index contributed by atoms with van der Waals surface area (Å²) in [5.74, 6) is -0.188. The lowest BCUT2D eigenvalue weighted by Gasteiger charge is -2.42. The molecule has 0 aliphatic heterocycles. The van der Waals surface area contributed by atoms with E-state index in [1.807, 2.05) is 85.8 Å². The molecule has 0 aliphatic rings. The van der Waals surface area contributed by atoms with Crippen molar-refractivity contribution < 1.29 is 9.59 Å². The van der Waals surface area contributed by atoms with Crippen LogP contribution in [0.1, 0.15) is 41.8 Å². The van der Waals surface area contributed by atoms with E-state index in [2.05, 4.69) is 0 Å². The molecule has 1 atom stereocenters. The first-order valence-corrected chi connectivity index (χ1v) is 9.57. The number of amides is 1. The quantitative estimate of drug-likeness (QED) is 0.571. The van der Waals surface area contributed by atoms with E-state index in [0.29, 0.717) is 18.5 Å². The van der Waals surface area contributed by atoms with Gasteiger partial charge in [0.15, 0.2) is 5.78 Å². The van der Waals surface area contributed by atoms with E-state index in [9.17, 15) is 9.59 Å². The fraction of sp³-hybridized carbons (Fsp3) is 0.200. The fourth-order valence-corrected chi connectivity index (χ4v) is 3.79. The minimum Gasteiger partial charge on any atom is -0.317 e. The highest BCUT2D eigenvalue weighted by Gasteiger charge is 2.44. The molecule has 0 N–H and O–H groups in total. The van der Waals surface area contributed by atoms with Crippen LogP contribution in [0.25, 0.3) is 0 Å². The maximum atomic E-state index is 13.6. The molecule has 0 aromatic heterocycles. The molecule has 0 bridgehead atoms. The van der Waals surface area contributed by atoms with Gasteiger partial charge in [0.25, 0.3) is 5.91 Å². The topological polar surface area (TPSA) is 37.4 Å². The van der Waals surface area contributed by atoms with E-state index < -0.39 is 5.54 Å².